The largest absolute Gasteiger partial charge is 0.478 e. The number of ether oxygens (including phenoxy) is 1. The van der Waals surface area contributed by atoms with Gasteiger partial charge in [0.05, 0.1) is 0 Å². The number of rotatable bonds is 3. The van der Waals surface area contributed by atoms with Crippen LogP contribution >= 0.6 is 0 Å². The van der Waals surface area contributed by atoms with Gasteiger partial charge in [-0.2, -0.15) is 0 Å². The predicted octanol–water partition coefficient (Wildman–Crippen LogP) is 2.96. The first kappa shape index (κ1) is 9.25. The maximum Gasteiger partial charge on any atom is 0.183 e. The Kier molecular flexibility index (Phi) is 2.82. The van der Waals surface area contributed by atoms with E-state index in [9.17, 15) is 0 Å². The summed E-state index contributed by atoms with van der Waals surface area (Å²) in [4.78, 5) is 4.54. The Bertz CT molecular complexity index is 318. The first-order valence-electron chi connectivity index (χ1n) is 5.14. The Morgan fingerprint density at radius 3 is 2.86 bits per heavy atom. The smallest absolute Gasteiger partial charge is 0.183 e. The van der Waals surface area contributed by atoms with Crippen molar-refractivity contribution in [2.45, 2.75) is 25.8 Å². The molecule has 0 aromatic heterocycles. The van der Waals surface area contributed by atoms with Crippen LogP contribution in [0.15, 0.2) is 35.3 Å². The van der Waals surface area contributed by atoms with Gasteiger partial charge in [0, 0.05) is 6.42 Å². The van der Waals surface area contributed by atoms with Crippen molar-refractivity contribution in [1.29, 1.82) is 0 Å². The van der Waals surface area contributed by atoms with E-state index in [2.05, 4.69) is 24.0 Å². The van der Waals surface area contributed by atoms with E-state index in [1.807, 2.05) is 18.2 Å². The van der Waals surface area contributed by atoms with E-state index in [4.69, 9.17) is 4.74 Å². The second-order valence-corrected chi connectivity index (χ2v) is 3.51. The van der Waals surface area contributed by atoms with Gasteiger partial charge < -0.3 is 4.74 Å². The molecule has 2 nitrogen and oxygen atoms in total. The molecule has 74 valence electrons. The molecule has 0 aliphatic carbocycles. The molecule has 0 amide bonds. The SMILES string of the molecule is CCCC1=NC(c2ccccc2)CO1. The van der Waals surface area contributed by atoms with Crippen LogP contribution in [0.5, 0.6) is 0 Å². The molecule has 2 rings (SSSR count). The van der Waals surface area contributed by atoms with Gasteiger partial charge >= 0.3 is 0 Å². The molecule has 1 atom stereocenters. The van der Waals surface area contributed by atoms with E-state index in [1.54, 1.807) is 0 Å². The monoisotopic (exact) mass is 189 g/mol. The highest BCUT2D eigenvalue weighted by atomic mass is 16.5. The van der Waals surface area contributed by atoms with Gasteiger partial charge in [0.15, 0.2) is 5.90 Å². The van der Waals surface area contributed by atoms with Crippen LogP contribution in [0, 0.1) is 0 Å². The van der Waals surface area contributed by atoms with Crippen LogP contribution in [0.3, 0.4) is 0 Å². The fraction of sp³-hybridized carbons (Fsp3) is 0.417. The van der Waals surface area contributed by atoms with E-state index in [-0.39, 0.29) is 6.04 Å². The fourth-order valence-corrected chi connectivity index (χ4v) is 1.62. The zero-order valence-corrected chi connectivity index (χ0v) is 8.44. The van der Waals surface area contributed by atoms with Crippen LogP contribution in [0.25, 0.3) is 0 Å². The van der Waals surface area contributed by atoms with Gasteiger partial charge in [0.2, 0.25) is 0 Å². The zero-order chi connectivity index (χ0) is 9.80. The van der Waals surface area contributed by atoms with Crippen LogP contribution in [0.4, 0.5) is 0 Å². The summed E-state index contributed by atoms with van der Waals surface area (Å²) in [5.41, 5.74) is 1.25. The third-order valence-corrected chi connectivity index (χ3v) is 2.36. The van der Waals surface area contributed by atoms with E-state index < -0.39 is 0 Å². The molecule has 1 aliphatic heterocycles. The summed E-state index contributed by atoms with van der Waals surface area (Å²) in [6, 6.07) is 10.5. The quantitative estimate of drug-likeness (QED) is 0.716. The topological polar surface area (TPSA) is 21.6 Å². The highest BCUT2D eigenvalue weighted by molar-refractivity contribution is 5.77. The minimum Gasteiger partial charge on any atom is -0.478 e. The average Bonchev–Trinajstić information content (AvgIpc) is 2.68. The fourth-order valence-electron chi connectivity index (χ4n) is 1.62. The lowest BCUT2D eigenvalue weighted by Gasteiger charge is -2.03. The summed E-state index contributed by atoms with van der Waals surface area (Å²) >= 11 is 0. The molecule has 0 spiro atoms. The van der Waals surface area contributed by atoms with Gasteiger partial charge in [-0.25, -0.2) is 4.99 Å². The molecule has 2 heteroatoms. The van der Waals surface area contributed by atoms with Gasteiger partial charge in [-0.05, 0) is 12.0 Å². The number of hydrogen-bond acceptors (Lipinski definition) is 2. The Balaban J connectivity index is 2.08. The zero-order valence-electron chi connectivity index (χ0n) is 8.44. The van der Waals surface area contributed by atoms with Crippen molar-refractivity contribution in [2.24, 2.45) is 4.99 Å². The van der Waals surface area contributed by atoms with Gasteiger partial charge in [-0.15, -0.1) is 0 Å². The second-order valence-electron chi connectivity index (χ2n) is 3.51. The first-order valence-corrected chi connectivity index (χ1v) is 5.14. The summed E-state index contributed by atoms with van der Waals surface area (Å²) in [6.45, 7) is 2.85. The standard InChI is InChI=1S/C12H15NO/c1-2-6-12-13-11(9-14-12)10-7-4-3-5-8-10/h3-5,7-8,11H,2,6,9H2,1H3. The normalized spacial score (nSPS) is 20.4. The Morgan fingerprint density at radius 2 is 2.14 bits per heavy atom. The maximum atomic E-state index is 5.51. The molecule has 0 bridgehead atoms. The van der Waals surface area contributed by atoms with Gasteiger partial charge in [-0.1, -0.05) is 37.3 Å². The number of benzene rings is 1. The summed E-state index contributed by atoms with van der Waals surface area (Å²) < 4.78 is 5.51. The Hall–Kier alpha value is -1.31. The molecule has 0 saturated carbocycles. The lowest BCUT2D eigenvalue weighted by molar-refractivity contribution is 0.311. The van der Waals surface area contributed by atoms with Crippen LogP contribution in [-0.4, -0.2) is 12.5 Å². The first-order chi connectivity index (χ1) is 6.90. The summed E-state index contributed by atoms with van der Waals surface area (Å²) in [5.74, 6) is 0.918. The van der Waals surface area contributed by atoms with Crippen LogP contribution in [0.1, 0.15) is 31.4 Å². The Morgan fingerprint density at radius 1 is 1.36 bits per heavy atom. The van der Waals surface area contributed by atoms with Gasteiger partial charge in [0.1, 0.15) is 12.6 Å². The molecule has 1 aromatic rings. The van der Waals surface area contributed by atoms with Crippen molar-refractivity contribution >= 4 is 5.90 Å². The van der Waals surface area contributed by atoms with Crippen molar-refractivity contribution in [3.63, 3.8) is 0 Å². The molecule has 0 fully saturated rings. The highest BCUT2D eigenvalue weighted by Gasteiger charge is 2.19. The van der Waals surface area contributed by atoms with Gasteiger partial charge in [-0.3, -0.25) is 0 Å². The molecule has 1 heterocycles. The summed E-state index contributed by atoms with van der Waals surface area (Å²) in [6.07, 6.45) is 2.06. The maximum absolute atomic E-state index is 5.51. The second kappa shape index (κ2) is 4.27. The number of aliphatic imine (C=N–C) groups is 1. The molecular weight excluding hydrogens is 174 g/mol. The average molecular weight is 189 g/mol. The minimum absolute atomic E-state index is 0.220. The molecule has 1 aromatic carbocycles. The molecule has 0 saturated heterocycles. The van der Waals surface area contributed by atoms with E-state index >= 15 is 0 Å². The highest BCUT2D eigenvalue weighted by Crippen LogP contribution is 2.23. The lowest BCUT2D eigenvalue weighted by atomic mass is 10.1. The number of nitrogens with zero attached hydrogens (tertiary/aromatic N) is 1. The van der Waals surface area contributed by atoms with Crippen LogP contribution in [0.2, 0.25) is 0 Å². The van der Waals surface area contributed by atoms with E-state index in [1.165, 1.54) is 5.56 Å². The molecule has 1 unspecified atom stereocenters. The lowest BCUT2D eigenvalue weighted by Crippen LogP contribution is -1.98. The molecule has 0 N–H and O–H groups in total. The van der Waals surface area contributed by atoms with Crippen LogP contribution < -0.4 is 0 Å². The van der Waals surface area contributed by atoms with Crippen LogP contribution in [-0.2, 0) is 4.74 Å². The predicted molar refractivity (Wildman–Crippen MR) is 57.5 cm³/mol. The van der Waals surface area contributed by atoms with E-state index in [0.717, 1.165) is 18.7 Å². The third-order valence-electron chi connectivity index (χ3n) is 2.36. The summed E-state index contributed by atoms with van der Waals surface area (Å²) in [7, 11) is 0. The number of hydrogen-bond donors (Lipinski definition) is 0. The minimum atomic E-state index is 0.220. The van der Waals surface area contributed by atoms with Crippen molar-refractivity contribution < 1.29 is 4.74 Å². The molecule has 14 heavy (non-hydrogen) atoms. The Labute approximate surface area is 84.6 Å². The molecular formula is C12H15NO. The van der Waals surface area contributed by atoms with Crippen molar-refractivity contribution in [2.75, 3.05) is 6.61 Å². The van der Waals surface area contributed by atoms with Crippen molar-refractivity contribution in [3.05, 3.63) is 35.9 Å². The van der Waals surface area contributed by atoms with Crippen molar-refractivity contribution in [1.82, 2.24) is 0 Å². The van der Waals surface area contributed by atoms with Gasteiger partial charge in [0.25, 0.3) is 0 Å². The molecule has 1 aliphatic rings. The van der Waals surface area contributed by atoms with Crippen molar-refractivity contribution in [3.8, 4) is 0 Å². The van der Waals surface area contributed by atoms with E-state index in [0.29, 0.717) is 6.61 Å². The third kappa shape index (κ3) is 1.95. The summed E-state index contributed by atoms with van der Waals surface area (Å²) in [5, 5.41) is 0. The molecule has 0 radical (unpaired) electrons.